The number of rotatable bonds is 5. The summed E-state index contributed by atoms with van der Waals surface area (Å²) in [6.45, 7) is 6.34. The summed E-state index contributed by atoms with van der Waals surface area (Å²) in [5, 5.41) is 5.71. The van der Waals surface area contributed by atoms with Crippen molar-refractivity contribution in [1.29, 1.82) is 0 Å². The first-order valence-corrected chi connectivity index (χ1v) is 4.62. The van der Waals surface area contributed by atoms with Crippen LogP contribution in [0, 0.1) is 0 Å². The first-order chi connectivity index (χ1) is 5.56. The molecule has 2 N–H and O–H groups in total. The first-order valence-electron chi connectivity index (χ1n) is 3.83. The Bertz CT molecular complexity index is 170. The summed E-state index contributed by atoms with van der Waals surface area (Å²) in [6, 6.07) is 0.180. The van der Waals surface area contributed by atoms with E-state index in [1.807, 2.05) is 6.92 Å². The molecule has 0 fully saturated rings. The molecule has 0 radical (unpaired) electrons. The molecule has 0 bridgehead atoms. The van der Waals surface area contributed by atoms with Gasteiger partial charge in [-0.2, -0.15) is 0 Å². The second-order valence-corrected chi connectivity index (χ2v) is 3.80. The van der Waals surface area contributed by atoms with Gasteiger partial charge >= 0.3 is 0 Å². The van der Waals surface area contributed by atoms with Crippen LogP contribution >= 0.6 is 15.9 Å². The van der Waals surface area contributed by atoms with Gasteiger partial charge in [0.25, 0.3) is 0 Å². The first kappa shape index (κ1) is 11.6. The average Bonchev–Trinajstić information content (AvgIpc) is 2.00. The van der Waals surface area contributed by atoms with Crippen LogP contribution in [0.4, 0.5) is 0 Å². The molecule has 0 aromatic rings. The normalized spacial score (nSPS) is 12.2. The topological polar surface area (TPSA) is 41.1 Å². The molecule has 1 unspecified atom stereocenters. The SMILES string of the molecule is C=C(Br)CNC(C)CC(=O)NC. The van der Waals surface area contributed by atoms with E-state index < -0.39 is 0 Å². The molecular formula is C8H15BrN2O. The van der Waals surface area contributed by atoms with Crippen molar-refractivity contribution in [2.45, 2.75) is 19.4 Å². The second kappa shape index (κ2) is 6.20. The highest BCUT2D eigenvalue weighted by atomic mass is 79.9. The highest BCUT2D eigenvalue weighted by Crippen LogP contribution is 1.99. The molecule has 0 rings (SSSR count). The van der Waals surface area contributed by atoms with Gasteiger partial charge < -0.3 is 10.6 Å². The fourth-order valence-electron chi connectivity index (χ4n) is 0.737. The number of halogens is 1. The van der Waals surface area contributed by atoms with E-state index in [0.29, 0.717) is 13.0 Å². The minimum atomic E-state index is 0.0511. The zero-order valence-corrected chi connectivity index (χ0v) is 9.07. The summed E-state index contributed by atoms with van der Waals surface area (Å²) >= 11 is 3.23. The van der Waals surface area contributed by atoms with E-state index in [1.54, 1.807) is 7.05 Å². The minimum absolute atomic E-state index is 0.0511. The van der Waals surface area contributed by atoms with Crippen LogP contribution < -0.4 is 10.6 Å². The zero-order chi connectivity index (χ0) is 9.56. The zero-order valence-electron chi connectivity index (χ0n) is 7.48. The van der Waals surface area contributed by atoms with Crippen molar-refractivity contribution in [2.24, 2.45) is 0 Å². The quantitative estimate of drug-likeness (QED) is 0.746. The largest absolute Gasteiger partial charge is 0.359 e. The molecule has 70 valence electrons. The van der Waals surface area contributed by atoms with Gasteiger partial charge in [-0.05, 0) is 6.92 Å². The molecule has 0 aliphatic rings. The Labute approximate surface area is 81.7 Å². The summed E-state index contributed by atoms with van der Waals surface area (Å²) in [7, 11) is 1.64. The van der Waals surface area contributed by atoms with Gasteiger partial charge in [-0.1, -0.05) is 22.5 Å². The summed E-state index contributed by atoms with van der Waals surface area (Å²) in [4.78, 5) is 10.9. The molecule has 0 heterocycles. The van der Waals surface area contributed by atoms with Crippen LogP contribution in [0.25, 0.3) is 0 Å². The maximum Gasteiger partial charge on any atom is 0.221 e. The van der Waals surface area contributed by atoms with Gasteiger partial charge in [0, 0.05) is 30.5 Å². The Morgan fingerprint density at radius 3 is 2.67 bits per heavy atom. The lowest BCUT2D eigenvalue weighted by Crippen LogP contribution is -2.32. The molecule has 0 aromatic carbocycles. The Morgan fingerprint density at radius 2 is 2.25 bits per heavy atom. The van der Waals surface area contributed by atoms with Crippen LogP contribution in [-0.2, 0) is 4.79 Å². The van der Waals surface area contributed by atoms with E-state index in [2.05, 4.69) is 33.1 Å². The van der Waals surface area contributed by atoms with Crippen LogP contribution in [-0.4, -0.2) is 25.5 Å². The Balaban J connectivity index is 3.52. The Morgan fingerprint density at radius 1 is 1.67 bits per heavy atom. The Hall–Kier alpha value is -0.350. The highest BCUT2D eigenvalue weighted by molar-refractivity contribution is 9.11. The van der Waals surface area contributed by atoms with Crippen LogP contribution in [0.2, 0.25) is 0 Å². The van der Waals surface area contributed by atoms with Gasteiger partial charge in [0.1, 0.15) is 0 Å². The van der Waals surface area contributed by atoms with E-state index in [9.17, 15) is 4.79 Å². The molecule has 12 heavy (non-hydrogen) atoms. The van der Waals surface area contributed by atoms with Crippen molar-refractivity contribution in [3.05, 3.63) is 11.1 Å². The predicted molar refractivity (Wildman–Crippen MR) is 54.2 cm³/mol. The maximum absolute atomic E-state index is 10.9. The summed E-state index contributed by atoms with van der Waals surface area (Å²) in [6.07, 6.45) is 0.497. The summed E-state index contributed by atoms with van der Waals surface area (Å²) in [5.74, 6) is 0.0511. The third-order valence-electron chi connectivity index (χ3n) is 1.41. The fourth-order valence-corrected chi connectivity index (χ4v) is 0.899. The van der Waals surface area contributed by atoms with Crippen molar-refractivity contribution >= 4 is 21.8 Å². The lowest BCUT2D eigenvalue weighted by Gasteiger charge is -2.11. The number of hydrogen-bond acceptors (Lipinski definition) is 2. The van der Waals surface area contributed by atoms with Crippen LogP contribution in [0.5, 0.6) is 0 Å². The van der Waals surface area contributed by atoms with Crippen LogP contribution in [0.15, 0.2) is 11.1 Å². The van der Waals surface area contributed by atoms with E-state index >= 15 is 0 Å². The van der Waals surface area contributed by atoms with E-state index in [4.69, 9.17) is 0 Å². The van der Waals surface area contributed by atoms with Gasteiger partial charge in [0.2, 0.25) is 5.91 Å². The average molecular weight is 235 g/mol. The van der Waals surface area contributed by atoms with E-state index in [1.165, 1.54) is 0 Å². The molecule has 0 spiro atoms. The maximum atomic E-state index is 10.9. The number of carbonyl (C=O) groups excluding carboxylic acids is 1. The van der Waals surface area contributed by atoms with E-state index in [0.717, 1.165) is 4.48 Å². The summed E-state index contributed by atoms with van der Waals surface area (Å²) < 4.78 is 0.895. The van der Waals surface area contributed by atoms with E-state index in [-0.39, 0.29) is 11.9 Å². The molecule has 0 saturated heterocycles. The van der Waals surface area contributed by atoms with Gasteiger partial charge in [0.15, 0.2) is 0 Å². The molecule has 0 aliphatic carbocycles. The van der Waals surface area contributed by atoms with Crippen LogP contribution in [0.3, 0.4) is 0 Å². The third kappa shape index (κ3) is 6.37. The second-order valence-electron chi connectivity index (χ2n) is 2.68. The molecule has 3 nitrogen and oxygen atoms in total. The number of nitrogens with one attached hydrogen (secondary N) is 2. The molecule has 0 aliphatic heterocycles. The minimum Gasteiger partial charge on any atom is -0.359 e. The van der Waals surface area contributed by atoms with Crippen LogP contribution in [0.1, 0.15) is 13.3 Å². The molecule has 1 amide bonds. The van der Waals surface area contributed by atoms with Crippen molar-refractivity contribution in [3.8, 4) is 0 Å². The number of carbonyl (C=O) groups is 1. The smallest absolute Gasteiger partial charge is 0.221 e. The monoisotopic (exact) mass is 234 g/mol. The molecule has 4 heteroatoms. The molecule has 0 saturated carbocycles. The third-order valence-corrected chi connectivity index (χ3v) is 1.69. The van der Waals surface area contributed by atoms with Gasteiger partial charge in [-0.3, -0.25) is 4.79 Å². The fraction of sp³-hybridized carbons (Fsp3) is 0.625. The van der Waals surface area contributed by atoms with Gasteiger partial charge in [-0.25, -0.2) is 0 Å². The lowest BCUT2D eigenvalue weighted by atomic mass is 10.2. The molecule has 0 aromatic heterocycles. The molecular weight excluding hydrogens is 220 g/mol. The standard InChI is InChI=1S/C8H15BrN2O/c1-6(9)5-11-7(2)4-8(12)10-3/h7,11H,1,4-5H2,2-3H3,(H,10,12). The van der Waals surface area contributed by atoms with Crippen molar-refractivity contribution in [1.82, 2.24) is 10.6 Å². The van der Waals surface area contributed by atoms with Crippen molar-refractivity contribution in [2.75, 3.05) is 13.6 Å². The van der Waals surface area contributed by atoms with Crippen molar-refractivity contribution < 1.29 is 4.79 Å². The lowest BCUT2D eigenvalue weighted by molar-refractivity contribution is -0.121. The number of amides is 1. The van der Waals surface area contributed by atoms with Gasteiger partial charge in [0.05, 0.1) is 0 Å². The van der Waals surface area contributed by atoms with Crippen molar-refractivity contribution in [3.63, 3.8) is 0 Å². The highest BCUT2D eigenvalue weighted by Gasteiger charge is 2.05. The Kier molecular flexibility index (Phi) is 6.02. The summed E-state index contributed by atoms with van der Waals surface area (Å²) in [5.41, 5.74) is 0. The number of hydrogen-bond donors (Lipinski definition) is 2. The predicted octanol–water partition coefficient (Wildman–Crippen LogP) is 1.01. The van der Waals surface area contributed by atoms with Gasteiger partial charge in [-0.15, -0.1) is 0 Å². The molecule has 1 atom stereocenters.